The molecule has 4 rings (SSSR count). The third-order valence-electron chi connectivity index (χ3n) is 4.45. The van der Waals surface area contributed by atoms with Crippen molar-refractivity contribution in [3.8, 4) is 5.69 Å². The lowest BCUT2D eigenvalue weighted by molar-refractivity contribution is -0.113. The zero-order valence-corrected chi connectivity index (χ0v) is 18.3. The summed E-state index contributed by atoms with van der Waals surface area (Å²) in [5.41, 5.74) is 2.10. The summed E-state index contributed by atoms with van der Waals surface area (Å²) in [5.74, 6) is 0.879. The summed E-state index contributed by atoms with van der Waals surface area (Å²) < 4.78 is 4.07. The quantitative estimate of drug-likeness (QED) is 0.424. The van der Waals surface area contributed by atoms with Crippen LogP contribution in [0.3, 0.4) is 0 Å². The van der Waals surface area contributed by atoms with Crippen LogP contribution in [0.5, 0.6) is 0 Å². The normalized spacial score (nSPS) is 11.0. The zero-order chi connectivity index (χ0) is 20.9. The van der Waals surface area contributed by atoms with Gasteiger partial charge in [-0.2, -0.15) is 0 Å². The molecule has 10 heteroatoms. The molecule has 0 radical (unpaired) electrons. The van der Waals surface area contributed by atoms with E-state index in [2.05, 4.69) is 36.3 Å². The summed E-state index contributed by atoms with van der Waals surface area (Å²) >= 11 is 2.74. The minimum atomic E-state index is -0.148. The van der Waals surface area contributed by atoms with E-state index in [9.17, 15) is 4.79 Å². The van der Waals surface area contributed by atoms with Gasteiger partial charge < -0.3 is 4.57 Å². The van der Waals surface area contributed by atoms with E-state index in [0.29, 0.717) is 16.7 Å². The van der Waals surface area contributed by atoms with Crippen LogP contribution in [0.25, 0.3) is 5.69 Å². The van der Waals surface area contributed by atoms with Gasteiger partial charge in [0.05, 0.1) is 5.75 Å². The van der Waals surface area contributed by atoms with Gasteiger partial charge in [-0.3, -0.25) is 14.7 Å². The van der Waals surface area contributed by atoms with Gasteiger partial charge in [0, 0.05) is 31.0 Å². The molecule has 1 amide bonds. The first-order chi connectivity index (χ1) is 14.6. The second-order valence-electron chi connectivity index (χ2n) is 6.55. The molecule has 0 unspecified atom stereocenters. The molecule has 0 saturated heterocycles. The number of thioether (sulfide) groups is 1. The Hall–Kier alpha value is -2.98. The van der Waals surface area contributed by atoms with Crippen LogP contribution in [-0.4, -0.2) is 41.2 Å². The van der Waals surface area contributed by atoms with Gasteiger partial charge in [-0.05, 0) is 30.7 Å². The van der Waals surface area contributed by atoms with E-state index in [0.717, 1.165) is 28.6 Å². The van der Waals surface area contributed by atoms with Crippen LogP contribution in [0.15, 0.2) is 53.8 Å². The molecule has 0 aliphatic carbocycles. The molecule has 0 aliphatic rings. The van der Waals surface area contributed by atoms with Crippen molar-refractivity contribution in [2.24, 2.45) is 7.05 Å². The number of hydrogen-bond donors (Lipinski definition) is 1. The number of benzene rings is 1. The molecule has 0 saturated carbocycles. The van der Waals surface area contributed by atoms with E-state index in [1.54, 1.807) is 0 Å². The number of hydrogen-bond acceptors (Lipinski definition) is 7. The maximum atomic E-state index is 12.4. The molecule has 30 heavy (non-hydrogen) atoms. The number of para-hydroxylation sites is 1. The molecule has 3 heterocycles. The number of carbonyl (C=O) groups is 1. The van der Waals surface area contributed by atoms with Crippen molar-refractivity contribution in [1.29, 1.82) is 0 Å². The minimum Gasteiger partial charge on any atom is -0.354 e. The highest BCUT2D eigenvalue weighted by Gasteiger charge is 2.17. The fourth-order valence-electron chi connectivity index (χ4n) is 2.92. The predicted octanol–water partition coefficient (Wildman–Crippen LogP) is 3.34. The molecular formula is C20H21N7OS2. The van der Waals surface area contributed by atoms with Crippen LogP contribution >= 0.6 is 23.1 Å². The molecule has 0 bridgehead atoms. The Bertz CT molecular complexity index is 1130. The average Bonchev–Trinajstić information content (AvgIpc) is 3.48. The van der Waals surface area contributed by atoms with Crippen LogP contribution in [-0.2, 0) is 24.7 Å². The van der Waals surface area contributed by atoms with Crippen molar-refractivity contribution in [3.05, 3.63) is 65.2 Å². The van der Waals surface area contributed by atoms with Crippen LogP contribution < -0.4 is 5.32 Å². The Morgan fingerprint density at radius 3 is 2.63 bits per heavy atom. The molecule has 4 aromatic rings. The van der Waals surface area contributed by atoms with Gasteiger partial charge in [-0.25, -0.2) is 0 Å². The second-order valence-corrected chi connectivity index (χ2v) is 8.55. The van der Waals surface area contributed by atoms with E-state index >= 15 is 0 Å². The number of nitrogens with zero attached hydrogens (tertiary/aromatic N) is 6. The van der Waals surface area contributed by atoms with Gasteiger partial charge in [0.2, 0.25) is 11.0 Å². The summed E-state index contributed by atoms with van der Waals surface area (Å²) in [6.45, 7) is 2.01. The molecule has 154 valence electrons. The Kier molecular flexibility index (Phi) is 6.24. The Morgan fingerprint density at radius 1 is 1.10 bits per heavy atom. The molecule has 8 nitrogen and oxygen atoms in total. The first-order valence-corrected chi connectivity index (χ1v) is 11.3. The number of anilines is 1. The van der Waals surface area contributed by atoms with E-state index < -0.39 is 0 Å². The third-order valence-corrected chi connectivity index (χ3v) is 6.37. The van der Waals surface area contributed by atoms with Crippen molar-refractivity contribution < 1.29 is 4.79 Å². The van der Waals surface area contributed by atoms with Gasteiger partial charge in [-0.15, -0.1) is 20.4 Å². The largest absolute Gasteiger partial charge is 0.354 e. The predicted molar refractivity (Wildman–Crippen MR) is 118 cm³/mol. The lowest BCUT2D eigenvalue weighted by Gasteiger charge is -2.10. The topological polar surface area (TPSA) is 90.5 Å². The van der Waals surface area contributed by atoms with Gasteiger partial charge in [0.1, 0.15) is 10.8 Å². The molecule has 0 aliphatic heterocycles. The minimum absolute atomic E-state index is 0.148. The number of aryl methyl sites for hydroxylation is 2. The number of aromatic nitrogens is 6. The Labute approximate surface area is 182 Å². The molecule has 0 fully saturated rings. The maximum absolute atomic E-state index is 12.4. The van der Waals surface area contributed by atoms with Crippen molar-refractivity contribution in [3.63, 3.8) is 0 Å². The lowest BCUT2D eigenvalue weighted by atomic mass is 10.2. The van der Waals surface area contributed by atoms with Crippen molar-refractivity contribution >= 4 is 34.1 Å². The van der Waals surface area contributed by atoms with Crippen LogP contribution in [0.2, 0.25) is 0 Å². The summed E-state index contributed by atoms with van der Waals surface area (Å²) in [6, 6.07) is 14.0. The molecule has 1 aromatic carbocycles. The van der Waals surface area contributed by atoms with E-state index in [1.807, 2.05) is 61.1 Å². The molecule has 0 spiro atoms. The molecule has 3 aromatic heterocycles. The highest BCUT2D eigenvalue weighted by atomic mass is 32.2. The highest BCUT2D eigenvalue weighted by Crippen LogP contribution is 2.24. The monoisotopic (exact) mass is 439 g/mol. The van der Waals surface area contributed by atoms with Crippen LogP contribution in [0.1, 0.15) is 23.4 Å². The van der Waals surface area contributed by atoms with Gasteiger partial charge in [0.15, 0.2) is 5.16 Å². The summed E-state index contributed by atoms with van der Waals surface area (Å²) in [6.07, 6.45) is 3.45. The summed E-state index contributed by atoms with van der Waals surface area (Å²) in [5, 5.41) is 21.7. The zero-order valence-electron chi connectivity index (χ0n) is 16.6. The van der Waals surface area contributed by atoms with E-state index in [1.165, 1.54) is 23.1 Å². The van der Waals surface area contributed by atoms with Gasteiger partial charge in [-0.1, -0.05) is 48.2 Å². The smallest absolute Gasteiger partial charge is 0.236 e. The van der Waals surface area contributed by atoms with Gasteiger partial charge in [0.25, 0.3) is 0 Å². The Balaban J connectivity index is 1.52. The second kappa shape index (κ2) is 9.23. The van der Waals surface area contributed by atoms with Crippen LogP contribution in [0, 0.1) is 0 Å². The molecular weight excluding hydrogens is 418 g/mol. The fraction of sp³-hybridized carbons (Fsp3) is 0.250. The fourth-order valence-corrected chi connectivity index (χ4v) is 4.39. The Morgan fingerprint density at radius 2 is 1.93 bits per heavy atom. The van der Waals surface area contributed by atoms with Gasteiger partial charge >= 0.3 is 0 Å². The first-order valence-electron chi connectivity index (χ1n) is 9.49. The highest BCUT2D eigenvalue weighted by molar-refractivity contribution is 7.99. The maximum Gasteiger partial charge on any atom is 0.236 e. The van der Waals surface area contributed by atoms with Crippen LogP contribution in [0.4, 0.5) is 5.13 Å². The van der Waals surface area contributed by atoms with Crippen molar-refractivity contribution in [2.45, 2.75) is 24.9 Å². The SMILES string of the molecule is CCc1nnc(NC(=O)CSc2nnc(Cc3cccn3C)n2-c2ccccc2)s1. The number of rotatable bonds is 8. The van der Waals surface area contributed by atoms with E-state index in [-0.39, 0.29) is 11.7 Å². The average molecular weight is 440 g/mol. The van der Waals surface area contributed by atoms with Crippen molar-refractivity contribution in [1.82, 2.24) is 29.5 Å². The third kappa shape index (κ3) is 4.60. The number of amides is 1. The summed E-state index contributed by atoms with van der Waals surface area (Å²) in [7, 11) is 2.01. The molecule has 1 N–H and O–H groups in total. The van der Waals surface area contributed by atoms with Crippen molar-refractivity contribution in [2.75, 3.05) is 11.1 Å². The molecule has 0 atom stereocenters. The number of nitrogens with one attached hydrogen (secondary N) is 1. The number of carbonyl (C=O) groups excluding carboxylic acids is 1. The first kappa shape index (κ1) is 20.3. The van der Waals surface area contributed by atoms with E-state index in [4.69, 9.17) is 0 Å². The lowest BCUT2D eigenvalue weighted by Crippen LogP contribution is -2.14. The summed E-state index contributed by atoms with van der Waals surface area (Å²) in [4.78, 5) is 12.4. The standard InChI is InChI=1S/C20H21N7OS2/c1-3-18-23-24-19(30-18)21-17(28)13-29-20-25-22-16(12-15-10-7-11-26(15)2)27(20)14-8-5-4-6-9-14/h4-11H,3,12-13H2,1-2H3,(H,21,24,28).